The average molecular weight is 483 g/mol. The van der Waals surface area contributed by atoms with Crippen molar-refractivity contribution >= 4 is 41.1 Å². The Kier molecular flexibility index (Phi) is 8.50. The van der Waals surface area contributed by atoms with Gasteiger partial charge in [-0.3, -0.25) is 19.3 Å². The highest BCUT2D eigenvalue weighted by Gasteiger charge is 2.43. The molecule has 0 radical (unpaired) electrons. The average Bonchev–Trinajstić information content (AvgIpc) is 3.05. The Labute approximate surface area is 204 Å². The second-order valence-corrected chi connectivity index (χ2v) is 9.40. The third kappa shape index (κ3) is 5.67. The lowest BCUT2D eigenvalue weighted by molar-refractivity contribution is -0.148. The number of amides is 3. The molecule has 0 aliphatic carbocycles. The number of hydrogen-bond donors (Lipinski definition) is 1. The van der Waals surface area contributed by atoms with E-state index >= 15 is 0 Å². The zero-order chi connectivity index (χ0) is 24.8. The summed E-state index contributed by atoms with van der Waals surface area (Å²) in [6.45, 7) is 5.93. The molecule has 2 aromatic rings. The number of anilines is 1. The third-order valence-corrected chi connectivity index (χ3v) is 6.38. The third-order valence-electron chi connectivity index (χ3n) is 5.74. The van der Waals surface area contributed by atoms with Gasteiger partial charge in [-0.2, -0.15) is 11.8 Å². The Balaban J connectivity index is 1.56. The monoisotopic (exact) mass is 482 g/mol. The maximum atomic E-state index is 12.9. The number of carbonyl (C=O) groups excluding carboxylic acids is 4. The molecule has 0 spiro atoms. The number of thioether (sulfide) groups is 1. The van der Waals surface area contributed by atoms with E-state index in [0.717, 1.165) is 27.3 Å². The molecule has 0 bridgehead atoms. The molecule has 1 atom stereocenters. The molecule has 0 saturated carbocycles. The fourth-order valence-corrected chi connectivity index (χ4v) is 4.61. The van der Waals surface area contributed by atoms with Crippen LogP contribution in [0.4, 0.5) is 5.69 Å². The number of esters is 1. The molecule has 3 rings (SSSR count). The summed E-state index contributed by atoms with van der Waals surface area (Å²) < 4.78 is 5.40. The van der Waals surface area contributed by atoms with Crippen LogP contribution in [0.1, 0.15) is 56.7 Å². The first-order chi connectivity index (χ1) is 16.2. The lowest BCUT2D eigenvalue weighted by Crippen LogP contribution is -2.46. The molecule has 1 aliphatic rings. The first-order valence-corrected chi connectivity index (χ1v) is 12.6. The first-order valence-electron chi connectivity index (χ1n) is 11.2. The second kappa shape index (κ2) is 11.3. The number of hydrogen-bond acceptors (Lipinski definition) is 6. The molecule has 1 N–H and O–H groups in total. The van der Waals surface area contributed by atoms with E-state index in [1.54, 1.807) is 24.3 Å². The van der Waals surface area contributed by atoms with Crippen LogP contribution in [0.2, 0.25) is 0 Å². The Bertz CT molecular complexity index is 1060. The maximum absolute atomic E-state index is 12.9. The topological polar surface area (TPSA) is 92.8 Å². The molecule has 7 nitrogen and oxygen atoms in total. The van der Waals surface area contributed by atoms with Crippen molar-refractivity contribution in [3.63, 3.8) is 0 Å². The highest BCUT2D eigenvalue weighted by molar-refractivity contribution is 7.98. The van der Waals surface area contributed by atoms with Gasteiger partial charge in [0, 0.05) is 12.1 Å². The van der Waals surface area contributed by atoms with Gasteiger partial charge < -0.3 is 10.1 Å². The van der Waals surface area contributed by atoms with E-state index < -0.39 is 23.8 Å². The number of rotatable bonds is 10. The lowest BCUT2D eigenvalue weighted by Gasteiger charge is -2.24. The summed E-state index contributed by atoms with van der Waals surface area (Å²) in [5, 5.41) is 2.93. The molecule has 0 fully saturated rings. The minimum Gasteiger partial charge on any atom is -0.464 e. The highest BCUT2D eigenvalue weighted by Crippen LogP contribution is 2.27. The van der Waals surface area contributed by atoms with Crippen LogP contribution in [-0.4, -0.2) is 53.2 Å². The van der Waals surface area contributed by atoms with Crippen LogP contribution < -0.4 is 5.32 Å². The van der Waals surface area contributed by atoms with Crippen molar-refractivity contribution in [1.82, 2.24) is 4.90 Å². The molecule has 1 heterocycles. The molecule has 0 unspecified atom stereocenters. The number of aryl methyl sites for hydroxylation is 3. The van der Waals surface area contributed by atoms with Gasteiger partial charge in [0.05, 0.1) is 17.7 Å². The quantitative estimate of drug-likeness (QED) is 0.309. The number of ether oxygens (including phenoxy) is 1. The number of carbonyl (C=O) groups is 4. The summed E-state index contributed by atoms with van der Waals surface area (Å²) in [4.78, 5) is 51.9. The minimum atomic E-state index is -0.994. The van der Waals surface area contributed by atoms with Crippen LogP contribution in [0.3, 0.4) is 0 Å². The summed E-state index contributed by atoms with van der Waals surface area (Å²) in [6, 6.07) is 9.58. The largest absolute Gasteiger partial charge is 0.464 e. The summed E-state index contributed by atoms with van der Waals surface area (Å²) in [5.41, 5.74) is 4.52. The Morgan fingerprint density at radius 1 is 1.03 bits per heavy atom. The highest BCUT2D eigenvalue weighted by atomic mass is 32.2. The molecule has 8 heteroatoms. The Hall–Kier alpha value is -3.13. The fraction of sp³-hybridized carbons (Fsp3) is 0.385. The molecule has 3 amide bonds. The summed E-state index contributed by atoms with van der Waals surface area (Å²) >= 11 is 1.52. The maximum Gasteiger partial charge on any atom is 0.329 e. The van der Waals surface area contributed by atoms with Gasteiger partial charge in [-0.15, -0.1) is 0 Å². The predicted octanol–water partition coefficient (Wildman–Crippen LogP) is 4.29. The van der Waals surface area contributed by atoms with Gasteiger partial charge in [0.25, 0.3) is 11.8 Å². The van der Waals surface area contributed by atoms with Crippen LogP contribution >= 0.6 is 11.8 Å². The normalized spacial score (nSPS) is 13.6. The molecular formula is C26H30N2O5S. The van der Waals surface area contributed by atoms with Crippen LogP contribution in [-0.2, 0) is 14.3 Å². The summed E-state index contributed by atoms with van der Waals surface area (Å²) in [5.74, 6) is -1.16. The lowest BCUT2D eigenvalue weighted by atomic mass is 10.0. The van der Waals surface area contributed by atoms with Crippen molar-refractivity contribution in [3.05, 3.63) is 64.2 Å². The van der Waals surface area contributed by atoms with E-state index in [0.29, 0.717) is 29.7 Å². The SMILES string of the molecule is CSCC[C@@H](C(=O)OCCCC(=O)Nc1c(C)cc(C)cc1C)N1C(=O)c2ccccc2C1=O. The standard InChI is InChI=1S/C26H30N2O5S/c1-16-14-17(2)23(18(3)15-16)27-22(29)10-7-12-33-26(32)21(11-13-34-4)28-24(30)19-8-5-6-9-20(19)25(28)31/h5-6,8-9,14-15,21H,7,10-13H2,1-4H3,(H,27,29)/t21-/m0/s1. The van der Waals surface area contributed by atoms with Crippen molar-refractivity contribution in [3.8, 4) is 0 Å². The van der Waals surface area contributed by atoms with E-state index in [9.17, 15) is 19.2 Å². The number of nitrogens with one attached hydrogen (secondary N) is 1. The second-order valence-electron chi connectivity index (χ2n) is 8.42. The van der Waals surface area contributed by atoms with Crippen molar-refractivity contribution in [2.45, 2.75) is 46.1 Å². The molecule has 0 saturated heterocycles. The Morgan fingerprint density at radius 3 is 2.18 bits per heavy atom. The van der Waals surface area contributed by atoms with Crippen LogP contribution in [0.15, 0.2) is 36.4 Å². The van der Waals surface area contributed by atoms with Gasteiger partial charge in [0.2, 0.25) is 5.91 Å². The summed E-state index contributed by atoms with van der Waals surface area (Å²) in [7, 11) is 0. The summed E-state index contributed by atoms with van der Waals surface area (Å²) in [6.07, 6.45) is 2.71. The van der Waals surface area contributed by atoms with Crippen molar-refractivity contribution in [2.75, 3.05) is 23.9 Å². The molecule has 2 aromatic carbocycles. The zero-order valence-electron chi connectivity index (χ0n) is 20.0. The van der Waals surface area contributed by atoms with E-state index in [-0.39, 0.29) is 18.9 Å². The van der Waals surface area contributed by atoms with E-state index in [1.165, 1.54) is 11.8 Å². The molecular weight excluding hydrogens is 452 g/mol. The smallest absolute Gasteiger partial charge is 0.329 e. The number of fused-ring (bicyclic) bond motifs is 1. The van der Waals surface area contributed by atoms with Crippen molar-refractivity contribution in [1.29, 1.82) is 0 Å². The van der Waals surface area contributed by atoms with Crippen molar-refractivity contribution < 1.29 is 23.9 Å². The Morgan fingerprint density at radius 2 is 1.62 bits per heavy atom. The van der Waals surface area contributed by atoms with Crippen LogP contribution in [0.5, 0.6) is 0 Å². The van der Waals surface area contributed by atoms with Gasteiger partial charge in [-0.1, -0.05) is 29.8 Å². The molecule has 0 aromatic heterocycles. The van der Waals surface area contributed by atoms with Gasteiger partial charge in [-0.25, -0.2) is 4.79 Å². The number of imide groups is 1. The number of nitrogens with zero attached hydrogens (tertiary/aromatic N) is 1. The van der Waals surface area contributed by atoms with E-state index in [2.05, 4.69) is 5.32 Å². The fourth-order valence-electron chi connectivity index (χ4n) is 4.15. The van der Waals surface area contributed by atoms with E-state index in [1.807, 2.05) is 39.2 Å². The zero-order valence-corrected chi connectivity index (χ0v) is 20.8. The van der Waals surface area contributed by atoms with Gasteiger partial charge >= 0.3 is 5.97 Å². The van der Waals surface area contributed by atoms with Crippen LogP contribution in [0.25, 0.3) is 0 Å². The first kappa shape index (κ1) is 25.5. The predicted molar refractivity (Wildman–Crippen MR) is 133 cm³/mol. The molecule has 34 heavy (non-hydrogen) atoms. The van der Waals surface area contributed by atoms with Crippen LogP contribution in [0, 0.1) is 20.8 Å². The number of benzene rings is 2. The van der Waals surface area contributed by atoms with Gasteiger partial charge in [-0.05, 0) is 68.9 Å². The minimum absolute atomic E-state index is 0.0249. The van der Waals surface area contributed by atoms with Crippen molar-refractivity contribution in [2.24, 2.45) is 0 Å². The van der Waals surface area contributed by atoms with E-state index in [4.69, 9.17) is 4.74 Å². The molecule has 180 valence electrons. The van der Waals surface area contributed by atoms with Gasteiger partial charge in [0.15, 0.2) is 0 Å². The molecule has 1 aliphatic heterocycles. The van der Waals surface area contributed by atoms with Gasteiger partial charge in [0.1, 0.15) is 6.04 Å².